The number of nitrogens with two attached hydrogens (primary N) is 1. The van der Waals surface area contributed by atoms with Gasteiger partial charge in [-0.05, 0) is 30.7 Å². The van der Waals surface area contributed by atoms with E-state index in [-0.39, 0.29) is 4.45 Å². The van der Waals surface area contributed by atoms with Crippen molar-refractivity contribution < 1.29 is 0 Å². The molecular formula is C9H9ClN2S. The number of hydrogen-bond acceptors (Lipinski definition) is 1. The van der Waals surface area contributed by atoms with Crippen LogP contribution >= 0.6 is 23.8 Å². The van der Waals surface area contributed by atoms with Crippen molar-refractivity contribution in [1.82, 2.24) is 0 Å². The Bertz CT molecular complexity index is 343. The Morgan fingerprint density at radius 1 is 1.38 bits per heavy atom. The van der Waals surface area contributed by atoms with Crippen LogP contribution in [0.4, 0.5) is 0 Å². The lowest BCUT2D eigenvalue weighted by Crippen LogP contribution is -2.13. The molecule has 0 heterocycles. The third-order valence-corrected chi connectivity index (χ3v) is 1.73. The van der Waals surface area contributed by atoms with Crippen LogP contribution in [0.3, 0.4) is 0 Å². The molecule has 0 aliphatic rings. The molecule has 0 radical (unpaired) electrons. The average molecular weight is 213 g/mol. The number of nitrogens with zero attached hydrogens (tertiary/aromatic N) is 1. The van der Waals surface area contributed by atoms with Gasteiger partial charge in [0.2, 0.25) is 0 Å². The van der Waals surface area contributed by atoms with E-state index in [9.17, 15) is 0 Å². The third-order valence-electron chi connectivity index (χ3n) is 1.56. The molecule has 0 spiro atoms. The fraction of sp³-hybridized carbons (Fsp3) is 0.111. The Balaban J connectivity index is 2.96. The second kappa shape index (κ2) is 4.35. The standard InChI is InChI=1S/C9H9ClN2S/c1-6-2-4-7(5-3-6)8(11)12-9(10)13/h2-5H,1H3,(H2,11,12,13). The second-order valence-electron chi connectivity index (χ2n) is 2.62. The number of thiocarbonyl (C=S) groups is 1. The summed E-state index contributed by atoms with van der Waals surface area (Å²) in [6, 6.07) is 7.66. The highest BCUT2D eigenvalue weighted by molar-refractivity contribution is 7.83. The number of halogens is 1. The van der Waals surface area contributed by atoms with E-state index in [4.69, 9.17) is 17.3 Å². The van der Waals surface area contributed by atoms with Gasteiger partial charge in [0.1, 0.15) is 5.84 Å². The molecule has 0 amide bonds. The van der Waals surface area contributed by atoms with Gasteiger partial charge in [-0.3, -0.25) is 0 Å². The smallest absolute Gasteiger partial charge is 0.195 e. The number of benzene rings is 1. The van der Waals surface area contributed by atoms with Gasteiger partial charge in [-0.15, -0.1) is 0 Å². The summed E-state index contributed by atoms with van der Waals surface area (Å²) in [5, 5.41) is 0. The summed E-state index contributed by atoms with van der Waals surface area (Å²) in [6.45, 7) is 2.00. The van der Waals surface area contributed by atoms with Crippen molar-refractivity contribution in [3.8, 4) is 0 Å². The predicted octanol–water partition coefficient (Wildman–Crippen LogP) is 2.22. The fourth-order valence-corrected chi connectivity index (χ4v) is 1.07. The number of hydrogen-bond donors (Lipinski definition) is 1. The Labute approximate surface area is 87.4 Å². The van der Waals surface area contributed by atoms with Gasteiger partial charge in [0.15, 0.2) is 4.45 Å². The maximum absolute atomic E-state index is 5.62. The molecule has 1 aromatic carbocycles. The van der Waals surface area contributed by atoms with Crippen LogP contribution in [-0.2, 0) is 0 Å². The Kier molecular flexibility index (Phi) is 3.39. The molecule has 0 aliphatic carbocycles. The molecule has 13 heavy (non-hydrogen) atoms. The number of aryl methyl sites for hydroxylation is 1. The van der Waals surface area contributed by atoms with Crippen molar-refractivity contribution in [3.63, 3.8) is 0 Å². The maximum Gasteiger partial charge on any atom is 0.195 e. The van der Waals surface area contributed by atoms with E-state index in [2.05, 4.69) is 17.2 Å². The van der Waals surface area contributed by atoms with Crippen molar-refractivity contribution in [2.75, 3.05) is 0 Å². The quantitative estimate of drug-likeness (QED) is 0.255. The van der Waals surface area contributed by atoms with Crippen LogP contribution in [0.1, 0.15) is 11.1 Å². The summed E-state index contributed by atoms with van der Waals surface area (Å²) >= 11 is 10.0. The SMILES string of the molecule is Cc1ccc(C(N)=NC(=S)Cl)cc1. The monoisotopic (exact) mass is 212 g/mol. The van der Waals surface area contributed by atoms with Crippen LogP contribution in [0.15, 0.2) is 29.3 Å². The summed E-state index contributed by atoms with van der Waals surface area (Å²) in [7, 11) is 0. The van der Waals surface area contributed by atoms with Crippen LogP contribution in [-0.4, -0.2) is 10.3 Å². The summed E-state index contributed by atoms with van der Waals surface area (Å²) in [5.74, 6) is 0.347. The zero-order valence-corrected chi connectivity index (χ0v) is 8.69. The zero-order chi connectivity index (χ0) is 9.84. The molecule has 0 fully saturated rings. The molecule has 1 aromatic rings. The molecule has 0 saturated heterocycles. The first kappa shape index (κ1) is 10.2. The highest BCUT2D eigenvalue weighted by Gasteiger charge is 1.97. The molecule has 1 rings (SSSR count). The third kappa shape index (κ3) is 3.13. The Morgan fingerprint density at radius 2 is 1.92 bits per heavy atom. The lowest BCUT2D eigenvalue weighted by Gasteiger charge is -1.99. The number of amidine groups is 1. The largest absolute Gasteiger partial charge is 0.383 e. The highest BCUT2D eigenvalue weighted by Crippen LogP contribution is 2.03. The van der Waals surface area contributed by atoms with Gasteiger partial charge in [0, 0.05) is 5.56 Å². The summed E-state index contributed by atoms with van der Waals surface area (Å²) in [5.41, 5.74) is 7.62. The lowest BCUT2D eigenvalue weighted by molar-refractivity contribution is 1.44. The molecule has 0 bridgehead atoms. The Hall–Kier alpha value is -0.930. The van der Waals surface area contributed by atoms with Crippen LogP contribution in [0.25, 0.3) is 0 Å². The van der Waals surface area contributed by atoms with Crippen LogP contribution in [0, 0.1) is 6.92 Å². The van der Waals surface area contributed by atoms with Crippen molar-refractivity contribution in [1.29, 1.82) is 0 Å². The van der Waals surface area contributed by atoms with Crippen LogP contribution in [0.2, 0.25) is 0 Å². The summed E-state index contributed by atoms with van der Waals surface area (Å²) in [4.78, 5) is 3.77. The predicted molar refractivity (Wildman–Crippen MR) is 60.4 cm³/mol. The molecule has 68 valence electrons. The number of aliphatic imine (C=N–C) groups is 1. The molecule has 0 aromatic heterocycles. The van der Waals surface area contributed by atoms with E-state index < -0.39 is 0 Å². The van der Waals surface area contributed by atoms with E-state index in [1.54, 1.807) is 0 Å². The number of rotatable bonds is 1. The molecule has 2 N–H and O–H groups in total. The van der Waals surface area contributed by atoms with Gasteiger partial charge in [0.05, 0.1) is 0 Å². The zero-order valence-electron chi connectivity index (χ0n) is 7.12. The van der Waals surface area contributed by atoms with E-state index in [0.29, 0.717) is 5.84 Å². The topological polar surface area (TPSA) is 38.4 Å². The maximum atomic E-state index is 5.62. The van der Waals surface area contributed by atoms with Gasteiger partial charge in [-0.2, -0.15) is 0 Å². The molecule has 4 heteroatoms. The van der Waals surface area contributed by atoms with E-state index in [1.807, 2.05) is 31.2 Å². The van der Waals surface area contributed by atoms with Gasteiger partial charge < -0.3 is 5.73 Å². The molecule has 0 unspecified atom stereocenters. The van der Waals surface area contributed by atoms with Crippen molar-refractivity contribution >= 4 is 34.1 Å². The molecule has 0 atom stereocenters. The van der Waals surface area contributed by atoms with Crippen LogP contribution in [0.5, 0.6) is 0 Å². The van der Waals surface area contributed by atoms with Crippen molar-refractivity contribution in [2.24, 2.45) is 10.7 Å². The first-order valence-electron chi connectivity index (χ1n) is 3.70. The average Bonchev–Trinajstić information content (AvgIpc) is 2.04. The van der Waals surface area contributed by atoms with Gasteiger partial charge in [0.25, 0.3) is 0 Å². The second-order valence-corrected chi connectivity index (χ2v) is 3.58. The minimum absolute atomic E-state index is 0.0260. The van der Waals surface area contributed by atoms with Gasteiger partial charge in [-0.25, -0.2) is 4.99 Å². The first-order valence-corrected chi connectivity index (χ1v) is 4.49. The normalized spacial score (nSPS) is 11.4. The van der Waals surface area contributed by atoms with E-state index >= 15 is 0 Å². The molecule has 0 saturated carbocycles. The summed E-state index contributed by atoms with van der Waals surface area (Å²) in [6.07, 6.45) is 0. The van der Waals surface area contributed by atoms with E-state index in [0.717, 1.165) is 5.56 Å². The minimum atomic E-state index is 0.0260. The van der Waals surface area contributed by atoms with E-state index in [1.165, 1.54) is 5.56 Å². The van der Waals surface area contributed by atoms with Crippen LogP contribution < -0.4 is 5.73 Å². The van der Waals surface area contributed by atoms with Crippen molar-refractivity contribution in [3.05, 3.63) is 35.4 Å². The summed E-state index contributed by atoms with van der Waals surface area (Å²) < 4.78 is 0.0260. The van der Waals surface area contributed by atoms with Crippen molar-refractivity contribution in [2.45, 2.75) is 6.92 Å². The first-order chi connectivity index (χ1) is 6.09. The molecular weight excluding hydrogens is 204 g/mol. The lowest BCUT2D eigenvalue weighted by atomic mass is 10.1. The van der Waals surface area contributed by atoms with Gasteiger partial charge in [-0.1, -0.05) is 29.8 Å². The molecule has 0 aliphatic heterocycles. The fourth-order valence-electron chi connectivity index (χ4n) is 0.884. The molecule has 2 nitrogen and oxygen atoms in total. The Morgan fingerprint density at radius 3 is 2.38 bits per heavy atom. The highest BCUT2D eigenvalue weighted by atomic mass is 35.5. The van der Waals surface area contributed by atoms with Gasteiger partial charge >= 0.3 is 0 Å². The minimum Gasteiger partial charge on any atom is -0.383 e.